The summed E-state index contributed by atoms with van der Waals surface area (Å²) >= 11 is 5.93. The molecule has 0 saturated heterocycles. The number of rotatable bonds is 4. The molecule has 6 nitrogen and oxygen atoms in total. The summed E-state index contributed by atoms with van der Waals surface area (Å²) in [6.45, 7) is 4.49. The number of ether oxygens (including phenoxy) is 1. The van der Waals surface area contributed by atoms with E-state index in [0.717, 1.165) is 5.69 Å². The third kappa shape index (κ3) is 3.66. The first kappa shape index (κ1) is 15.2. The number of benzene rings is 1. The van der Waals surface area contributed by atoms with Crippen molar-refractivity contribution in [3.05, 3.63) is 35.0 Å². The fourth-order valence-electron chi connectivity index (χ4n) is 1.93. The Kier molecular flexibility index (Phi) is 4.70. The minimum Gasteiger partial charge on any atom is -0.495 e. The lowest BCUT2D eigenvalue weighted by molar-refractivity contribution is 0.262. The van der Waals surface area contributed by atoms with Gasteiger partial charge in [-0.25, -0.2) is 9.48 Å². The number of hydrogen-bond acceptors (Lipinski definition) is 3. The topological polar surface area (TPSA) is 68.2 Å². The van der Waals surface area contributed by atoms with Crippen molar-refractivity contribution in [2.75, 3.05) is 17.7 Å². The van der Waals surface area contributed by atoms with Crippen LogP contribution in [-0.2, 0) is 6.54 Å². The molecule has 0 radical (unpaired) electrons. The van der Waals surface area contributed by atoms with Gasteiger partial charge in [-0.15, -0.1) is 0 Å². The highest BCUT2D eigenvalue weighted by atomic mass is 35.5. The molecule has 2 N–H and O–H groups in total. The third-order valence-corrected chi connectivity index (χ3v) is 3.09. The predicted octanol–water partition coefficient (Wildman–Crippen LogP) is 3.52. The number of halogens is 1. The van der Waals surface area contributed by atoms with E-state index in [0.29, 0.717) is 28.8 Å². The van der Waals surface area contributed by atoms with Gasteiger partial charge < -0.3 is 10.1 Å². The van der Waals surface area contributed by atoms with Gasteiger partial charge >= 0.3 is 6.03 Å². The Morgan fingerprint density at radius 1 is 1.38 bits per heavy atom. The zero-order valence-electron chi connectivity index (χ0n) is 12.1. The molecule has 0 unspecified atom stereocenters. The van der Waals surface area contributed by atoms with E-state index >= 15 is 0 Å². The molecule has 1 aromatic heterocycles. The standard InChI is InChI=1S/C14H17ClN4O2/c1-4-19-13(7-9(2)18-19)17-14(20)16-11-8-10(15)5-6-12(11)21-3/h5-8H,4H2,1-3H3,(H2,16,17,20). The van der Waals surface area contributed by atoms with E-state index in [9.17, 15) is 4.79 Å². The van der Waals surface area contributed by atoms with Crippen LogP contribution in [0, 0.1) is 6.92 Å². The Bertz CT molecular complexity index is 654. The molecule has 2 aromatic rings. The lowest BCUT2D eigenvalue weighted by atomic mass is 10.3. The minimum absolute atomic E-state index is 0.384. The Morgan fingerprint density at radius 2 is 2.14 bits per heavy atom. The van der Waals surface area contributed by atoms with E-state index < -0.39 is 0 Å². The number of aromatic nitrogens is 2. The number of nitrogens with zero attached hydrogens (tertiary/aromatic N) is 2. The summed E-state index contributed by atoms with van der Waals surface area (Å²) < 4.78 is 6.89. The van der Waals surface area contributed by atoms with Crippen LogP contribution in [-0.4, -0.2) is 22.9 Å². The average molecular weight is 309 g/mol. The van der Waals surface area contributed by atoms with Crippen molar-refractivity contribution in [1.29, 1.82) is 0 Å². The van der Waals surface area contributed by atoms with Gasteiger partial charge in [-0.3, -0.25) is 5.32 Å². The fourth-order valence-corrected chi connectivity index (χ4v) is 2.11. The third-order valence-electron chi connectivity index (χ3n) is 2.85. The monoisotopic (exact) mass is 308 g/mol. The second-order valence-electron chi connectivity index (χ2n) is 4.41. The zero-order chi connectivity index (χ0) is 15.4. The van der Waals surface area contributed by atoms with Gasteiger partial charge in [0.1, 0.15) is 11.6 Å². The maximum Gasteiger partial charge on any atom is 0.324 e. The van der Waals surface area contributed by atoms with Crippen molar-refractivity contribution >= 4 is 29.1 Å². The largest absolute Gasteiger partial charge is 0.495 e. The molecule has 0 saturated carbocycles. The number of hydrogen-bond donors (Lipinski definition) is 2. The number of methoxy groups -OCH3 is 1. The summed E-state index contributed by atoms with van der Waals surface area (Å²) in [6.07, 6.45) is 0. The summed E-state index contributed by atoms with van der Waals surface area (Å²) in [4.78, 5) is 12.1. The van der Waals surface area contributed by atoms with E-state index in [4.69, 9.17) is 16.3 Å². The predicted molar refractivity (Wildman–Crippen MR) is 83.3 cm³/mol. The summed E-state index contributed by atoms with van der Waals surface area (Å²) in [6, 6.07) is 6.43. The van der Waals surface area contributed by atoms with Crippen molar-refractivity contribution in [3.63, 3.8) is 0 Å². The van der Waals surface area contributed by atoms with Gasteiger partial charge in [0.15, 0.2) is 0 Å². The van der Waals surface area contributed by atoms with Crippen molar-refractivity contribution in [2.24, 2.45) is 0 Å². The van der Waals surface area contributed by atoms with Crippen LogP contribution in [0.2, 0.25) is 5.02 Å². The quantitative estimate of drug-likeness (QED) is 0.908. The Labute approximate surface area is 128 Å². The first-order chi connectivity index (χ1) is 10.0. The second kappa shape index (κ2) is 6.49. The van der Waals surface area contributed by atoms with Crippen LogP contribution in [0.3, 0.4) is 0 Å². The lowest BCUT2D eigenvalue weighted by Gasteiger charge is -2.12. The molecule has 0 fully saturated rings. The highest BCUT2D eigenvalue weighted by molar-refractivity contribution is 6.31. The number of aryl methyl sites for hydroxylation is 2. The molecule has 2 rings (SSSR count). The summed E-state index contributed by atoms with van der Waals surface area (Å²) in [5.41, 5.74) is 1.34. The number of amides is 2. The van der Waals surface area contributed by atoms with Gasteiger partial charge in [-0.05, 0) is 32.0 Å². The molecule has 2 amide bonds. The Balaban J connectivity index is 2.13. The maximum atomic E-state index is 12.1. The first-order valence-corrected chi connectivity index (χ1v) is 6.87. The maximum absolute atomic E-state index is 12.1. The fraction of sp³-hybridized carbons (Fsp3) is 0.286. The van der Waals surface area contributed by atoms with Crippen LogP contribution in [0.15, 0.2) is 24.3 Å². The molecule has 0 aliphatic rings. The Morgan fingerprint density at radius 3 is 2.81 bits per heavy atom. The highest BCUT2D eigenvalue weighted by Crippen LogP contribution is 2.27. The van der Waals surface area contributed by atoms with Crippen LogP contribution in [0.4, 0.5) is 16.3 Å². The molecule has 7 heteroatoms. The van der Waals surface area contributed by atoms with Crippen molar-refractivity contribution in [3.8, 4) is 5.75 Å². The number of urea groups is 1. The molecule has 1 heterocycles. The van der Waals surface area contributed by atoms with E-state index in [1.807, 2.05) is 13.8 Å². The molecule has 0 atom stereocenters. The lowest BCUT2D eigenvalue weighted by Crippen LogP contribution is -2.21. The zero-order valence-corrected chi connectivity index (χ0v) is 12.9. The molecule has 112 valence electrons. The summed E-state index contributed by atoms with van der Waals surface area (Å²) in [5.74, 6) is 1.17. The van der Waals surface area contributed by atoms with E-state index in [2.05, 4.69) is 15.7 Å². The van der Waals surface area contributed by atoms with Crippen LogP contribution >= 0.6 is 11.6 Å². The van der Waals surface area contributed by atoms with Crippen molar-refractivity contribution in [2.45, 2.75) is 20.4 Å². The smallest absolute Gasteiger partial charge is 0.324 e. The van der Waals surface area contributed by atoms with Crippen LogP contribution < -0.4 is 15.4 Å². The second-order valence-corrected chi connectivity index (χ2v) is 4.85. The van der Waals surface area contributed by atoms with Gasteiger partial charge in [0.2, 0.25) is 0 Å². The van der Waals surface area contributed by atoms with Gasteiger partial charge in [-0.2, -0.15) is 5.10 Å². The molecule has 0 aliphatic heterocycles. The van der Waals surface area contributed by atoms with E-state index in [1.54, 1.807) is 28.9 Å². The normalized spacial score (nSPS) is 10.3. The van der Waals surface area contributed by atoms with Crippen LogP contribution in [0.5, 0.6) is 5.75 Å². The van der Waals surface area contributed by atoms with Gasteiger partial charge in [0.05, 0.1) is 18.5 Å². The first-order valence-electron chi connectivity index (χ1n) is 6.49. The number of carbonyl (C=O) groups excluding carboxylic acids is 1. The molecule has 0 bridgehead atoms. The molecular formula is C14H17ClN4O2. The van der Waals surface area contributed by atoms with Crippen molar-refractivity contribution < 1.29 is 9.53 Å². The number of carbonyl (C=O) groups is 1. The van der Waals surface area contributed by atoms with Gasteiger partial charge in [0.25, 0.3) is 0 Å². The van der Waals surface area contributed by atoms with Gasteiger partial charge in [-0.1, -0.05) is 11.6 Å². The Hall–Kier alpha value is -2.21. The molecule has 1 aromatic carbocycles. The molecule has 0 aliphatic carbocycles. The average Bonchev–Trinajstić information content (AvgIpc) is 2.78. The molecule has 0 spiro atoms. The van der Waals surface area contributed by atoms with E-state index in [-0.39, 0.29) is 6.03 Å². The van der Waals surface area contributed by atoms with Crippen LogP contribution in [0.25, 0.3) is 0 Å². The van der Waals surface area contributed by atoms with Crippen molar-refractivity contribution in [1.82, 2.24) is 9.78 Å². The SMILES string of the molecule is CCn1nc(C)cc1NC(=O)Nc1cc(Cl)ccc1OC. The van der Waals surface area contributed by atoms with Gasteiger partial charge in [0, 0.05) is 17.6 Å². The number of anilines is 2. The molecule has 21 heavy (non-hydrogen) atoms. The van der Waals surface area contributed by atoms with E-state index in [1.165, 1.54) is 7.11 Å². The minimum atomic E-state index is -0.384. The number of nitrogens with one attached hydrogen (secondary N) is 2. The summed E-state index contributed by atoms with van der Waals surface area (Å²) in [7, 11) is 1.53. The highest BCUT2D eigenvalue weighted by Gasteiger charge is 2.11. The summed E-state index contributed by atoms with van der Waals surface area (Å²) in [5, 5.41) is 10.2. The van der Waals surface area contributed by atoms with Crippen LogP contribution in [0.1, 0.15) is 12.6 Å². The molecular weight excluding hydrogens is 292 g/mol.